The second-order valence-electron chi connectivity index (χ2n) is 4.94. The summed E-state index contributed by atoms with van der Waals surface area (Å²) in [5.74, 6) is 1.10. The fourth-order valence-corrected chi connectivity index (χ4v) is 2.56. The summed E-state index contributed by atoms with van der Waals surface area (Å²) in [5, 5.41) is 0. The van der Waals surface area contributed by atoms with E-state index in [9.17, 15) is 4.79 Å². The summed E-state index contributed by atoms with van der Waals surface area (Å²) >= 11 is 0. The first-order chi connectivity index (χ1) is 9.10. The van der Waals surface area contributed by atoms with Crippen LogP contribution in [0.3, 0.4) is 0 Å². The van der Waals surface area contributed by atoms with E-state index in [0.29, 0.717) is 19.7 Å². The fraction of sp³-hybridized carbons (Fsp3) is 0.500. The molecule has 1 aromatic carbocycles. The van der Waals surface area contributed by atoms with E-state index in [1.165, 1.54) is 5.56 Å². The van der Waals surface area contributed by atoms with Crippen molar-refractivity contribution in [1.29, 1.82) is 0 Å². The van der Waals surface area contributed by atoms with Crippen molar-refractivity contribution in [2.45, 2.75) is 25.3 Å². The Morgan fingerprint density at radius 3 is 2.63 bits per heavy atom. The van der Waals surface area contributed by atoms with Crippen LogP contribution in [0.15, 0.2) is 24.3 Å². The minimum Gasteiger partial charge on any atom is -0.494 e. The van der Waals surface area contributed by atoms with Crippen molar-refractivity contribution >= 4 is 6.03 Å². The van der Waals surface area contributed by atoms with E-state index in [0.717, 1.165) is 12.2 Å². The van der Waals surface area contributed by atoms with Gasteiger partial charge in [0.15, 0.2) is 0 Å². The molecule has 1 aliphatic rings. The summed E-state index contributed by atoms with van der Waals surface area (Å²) in [4.78, 5) is 12.9. The third-order valence-corrected chi connectivity index (χ3v) is 3.46. The Kier molecular flexibility index (Phi) is 4.27. The predicted octanol–water partition coefficient (Wildman–Crippen LogP) is 1.28. The van der Waals surface area contributed by atoms with E-state index in [-0.39, 0.29) is 12.0 Å². The maximum atomic E-state index is 11.3. The lowest BCUT2D eigenvalue weighted by Gasteiger charge is -2.35. The molecule has 5 heteroatoms. The first-order valence-electron chi connectivity index (χ1n) is 6.63. The van der Waals surface area contributed by atoms with Gasteiger partial charge in [-0.3, -0.25) is 0 Å². The van der Waals surface area contributed by atoms with Gasteiger partial charge in [-0.05, 0) is 31.0 Å². The lowest BCUT2D eigenvalue weighted by molar-refractivity contribution is 0.180. The Hall–Kier alpha value is -1.75. The minimum absolute atomic E-state index is 0.0159. The maximum Gasteiger partial charge on any atom is 0.314 e. The molecule has 1 fully saturated rings. The van der Waals surface area contributed by atoms with E-state index in [4.69, 9.17) is 16.2 Å². The molecule has 104 valence electrons. The molecular formula is C14H21N3O2. The van der Waals surface area contributed by atoms with Crippen molar-refractivity contribution in [2.24, 2.45) is 11.5 Å². The van der Waals surface area contributed by atoms with E-state index in [1.807, 2.05) is 31.2 Å². The van der Waals surface area contributed by atoms with Gasteiger partial charge in [-0.2, -0.15) is 0 Å². The van der Waals surface area contributed by atoms with E-state index in [2.05, 4.69) is 0 Å². The van der Waals surface area contributed by atoms with Gasteiger partial charge >= 0.3 is 6.03 Å². The molecule has 0 aromatic heterocycles. The van der Waals surface area contributed by atoms with Gasteiger partial charge in [0.25, 0.3) is 0 Å². The normalized spacial score (nSPS) is 23.2. The van der Waals surface area contributed by atoms with Crippen LogP contribution >= 0.6 is 0 Å². The number of nitrogens with two attached hydrogens (primary N) is 2. The van der Waals surface area contributed by atoms with Crippen LogP contribution in [0, 0.1) is 0 Å². The molecule has 0 bridgehead atoms. The third-order valence-electron chi connectivity index (χ3n) is 3.46. The molecular weight excluding hydrogens is 242 g/mol. The summed E-state index contributed by atoms with van der Waals surface area (Å²) in [5.41, 5.74) is 12.5. The molecule has 19 heavy (non-hydrogen) atoms. The summed E-state index contributed by atoms with van der Waals surface area (Å²) in [6.45, 7) is 3.79. The third kappa shape index (κ3) is 3.38. The minimum atomic E-state index is -0.397. The van der Waals surface area contributed by atoms with Crippen LogP contribution < -0.4 is 16.2 Å². The average molecular weight is 263 g/mol. The SMILES string of the molecule is CCOc1ccc(C2CC(N)CN(C(N)=O)C2)cc1. The quantitative estimate of drug-likeness (QED) is 0.862. The van der Waals surface area contributed by atoms with Crippen molar-refractivity contribution in [3.8, 4) is 5.75 Å². The molecule has 2 atom stereocenters. The van der Waals surface area contributed by atoms with Gasteiger partial charge in [0.1, 0.15) is 5.75 Å². The van der Waals surface area contributed by atoms with Gasteiger partial charge in [0.2, 0.25) is 0 Å². The largest absolute Gasteiger partial charge is 0.494 e. The highest BCUT2D eigenvalue weighted by Crippen LogP contribution is 2.27. The average Bonchev–Trinajstić information content (AvgIpc) is 2.39. The lowest BCUT2D eigenvalue weighted by atomic mass is 9.88. The highest BCUT2D eigenvalue weighted by Gasteiger charge is 2.27. The number of carbonyl (C=O) groups excluding carboxylic acids is 1. The number of benzene rings is 1. The molecule has 2 unspecified atom stereocenters. The predicted molar refractivity (Wildman–Crippen MR) is 74.1 cm³/mol. The van der Waals surface area contributed by atoms with Gasteiger partial charge in [0, 0.05) is 25.0 Å². The number of urea groups is 1. The van der Waals surface area contributed by atoms with Crippen LogP contribution in [0.5, 0.6) is 5.75 Å². The van der Waals surface area contributed by atoms with Crippen LogP contribution in [-0.2, 0) is 0 Å². The number of primary amides is 1. The molecule has 1 aliphatic heterocycles. The lowest BCUT2D eigenvalue weighted by Crippen LogP contribution is -2.50. The van der Waals surface area contributed by atoms with Gasteiger partial charge in [0.05, 0.1) is 6.61 Å². The van der Waals surface area contributed by atoms with Crippen molar-refractivity contribution in [1.82, 2.24) is 4.90 Å². The fourth-order valence-electron chi connectivity index (χ4n) is 2.56. The topological polar surface area (TPSA) is 81.6 Å². The van der Waals surface area contributed by atoms with Gasteiger partial charge in [-0.15, -0.1) is 0 Å². The van der Waals surface area contributed by atoms with E-state index >= 15 is 0 Å². The number of hydrogen-bond donors (Lipinski definition) is 2. The molecule has 0 aliphatic carbocycles. The Labute approximate surface area is 113 Å². The number of amides is 2. The zero-order valence-corrected chi connectivity index (χ0v) is 11.2. The monoisotopic (exact) mass is 263 g/mol. The van der Waals surface area contributed by atoms with Crippen molar-refractivity contribution in [2.75, 3.05) is 19.7 Å². The molecule has 0 spiro atoms. The van der Waals surface area contributed by atoms with Crippen LogP contribution in [0.2, 0.25) is 0 Å². The second kappa shape index (κ2) is 5.93. The standard InChI is InChI=1S/C14H21N3O2/c1-2-19-13-5-3-10(4-6-13)11-7-12(15)9-17(8-11)14(16)18/h3-6,11-12H,2,7-9,15H2,1H3,(H2,16,18). The Morgan fingerprint density at radius 2 is 2.05 bits per heavy atom. The molecule has 2 rings (SSSR count). The smallest absolute Gasteiger partial charge is 0.314 e. The first kappa shape index (κ1) is 13.7. The van der Waals surface area contributed by atoms with Crippen LogP contribution in [-0.4, -0.2) is 36.7 Å². The number of rotatable bonds is 3. The molecule has 4 N–H and O–H groups in total. The van der Waals surface area contributed by atoms with Gasteiger partial charge in [-0.1, -0.05) is 12.1 Å². The van der Waals surface area contributed by atoms with E-state index < -0.39 is 6.03 Å². The molecule has 5 nitrogen and oxygen atoms in total. The van der Waals surface area contributed by atoms with Crippen LogP contribution in [0.25, 0.3) is 0 Å². The molecule has 0 saturated carbocycles. The first-order valence-corrected chi connectivity index (χ1v) is 6.63. The number of nitrogens with zero attached hydrogens (tertiary/aromatic N) is 1. The van der Waals surface area contributed by atoms with Crippen LogP contribution in [0.1, 0.15) is 24.8 Å². The maximum absolute atomic E-state index is 11.3. The van der Waals surface area contributed by atoms with Crippen molar-refractivity contribution < 1.29 is 9.53 Å². The zero-order chi connectivity index (χ0) is 13.8. The van der Waals surface area contributed by atoms with E-state index in [1.54, 1.807) is 4.90 Å². The van der Waals surface area contributed by atoms with Gasteiger partial charge in [-0.25, -0.2) is 4.79 Å². The molecule has 2 amide bonds. The highest BCUT2D eigenvalue weighted by atomic mass is 16.5. The summed E-state index contributed by atoms with van der Waals surface area (Å²) in [7, 11) is 0. The number of carbonyl (C=O) groups is 1. The number of ether oxygens (including phenoxy) is 1. The Morgan fingerprint density at radius 1 is 1.37 bits per heavy atom. The van der Waals surface area contributed by atoms with Gasteiger partial charge < -0.3 is 21.1 Å². The number of hydrogen-bond acceptors (Lipinski definition) is 3. The molecule has 1 saturated heterocycles. The molecule has 1 aromatic rings. The highest BCUT2D eigenvalue weighted by molar-refractivity contribution is 5.72. The summed E-state index contributed by atoms with van der Waals surface area (Å²) < 4.78 is 5.42. The van der Waals surface area contributed by atoms with Crippen molar-refractivity contribution in [3.05, 3.63) is 29.8 Å². The summed E-state index contributed by atoms with van der Waals surface area (Å²) in [6.07, 6.45) is 0.873. The summed E-state index contributed by atoms with van der Waals surface area (Å²) in [6, 6.07) is 7.56. The Bertz CT molecular complexity index is 433. The van der Waals surface area contributed by atoms with Crippen molar-refractivity contribution in [3.63, 3.8) is 0 Å². The zero-order valence-electron chi connectivity index (χ0n) is 11.2. The number of likely N-dealkylation sites (tertiary alicyclic amines) is 1. The molecule has 0 radical (unpaired) electrons. The molecule has 1 heterocycles. The van der Waals surface area contributed by atoms with Crippen LogP contribution in [0.4, 0.5) is 4.79 Å². The Balaban J connectivity index is 2.09. The number of piperidine rings is 1. The second-order valence-corrected chi connectivity index (χ2v) is 4.94.